The molecular formula is C16H22N6S. The van der Waals surface area contributed by atoms with Gasteiger partial charge < -0.3 is 5.32 Å². The first kappa shape index (κ1) is 15.7. The fraction of sp³-hybridized carbons (Fsp3) is 0.438. The van der Waals surface area contributed by atoms with E-state index >= 15 is 0 Å². The summed E-state index contributed by atoms with van der Waals surface area (Å²) in [7, 11) is 0. The molecule has 0 spiro atoms. The molecule has 6 nitrogen and oxygen atoms in total. The maximum Gasteiger partial charge on any atom is 0.229 e. The lowest BCUT2D eigenvalue weighted by Gasteiger charge is -2.05. The van der Waals surface area contributed by atoms with Gasteiger partial charge in [0.05, 0.1) is 5.69 Å². The van der Waals surface area contributed by atoms with Crippen LogP contribution < -0.4 is 5.32 Å². The highest BCUT2D eigenvalue weighted by atomic mass is 32.1. The number of thiazole rings is 1. The zero-order chi connectivity index (χ0) is 16.4. The van der Waals surface area contributed by atoms with E-state index in [1.54, 1.807) is 11.3 Å². The van der Waals surface area contributed by atoms with Gasteiger partial charge in [0.1, 0.15) is 6.33 Å². The topological polar surface area (TPSA) is 71.4 Å². The maximum atomic E-state index is 4.72. The van der Waals surface area contributed by atoms with E-state index in [0.717, 1.165) is 46.7 Å². The molecule has 0 saturated heterocycles. The third-order valence-electron chi connectivity index (χ3n) is 3.82. The molecule has 0 unspecified atom stereocenters. The molecule has 0 aliphatic carbocycles. The number of H-pyrrole nitrogens is 1. The maximum absolute atomic E-state index is 4.72. The van der Waals surface area contributed by atoms with Crippen LogP contribution in [0.1, 0.15) is 31.7 Å². The average molecular weight is 330 g/mol. The highest BCUT2D eigenvalue weighted by Crippen LogP contribution is 2.30. The SMILES string of the molecule is Cc1cc(-c2csc(NCCC(C)C)n2)c(C)n1-c1ncn[nH]1. The molecule has 3 aromatic heterocycles. The van der Waals surface area contributed by atoms with Gasteiger partial charge in [-0.3, -0.25) is 4.57 Å². The van der Waals surface area contributed by atoms with Crippen molar-refractivity contribution in [3.05, 3.63) is 29.2 Å². The Morgan fingerprint density at radius 1 is 1.35 bits per heavy atom. The molecule has 0 aliphatic heterocycles. The zero-order valence-electron chi connectivity index (χ0n) is 13.9. The second-order valence-electron chi connectivity index (χ2n) is 6.08. The molecule has 0 aliphatic rings. The molecular weight excluding hydrogens is 308 g/mol. The number of hydrogen-bond donors (Lipinski definition) is 2. The third-order valence-corrected chi connectivity index (χ3v) is 4.62. The van der Waals surface area contributed by atoms with Crippen molar-refractivity contribution < 1.29 is 0 Å². The lowest BCUT2D eigenvalue weighted by Crippen LogP contribution is -2.04. The van der Waals surface area contributed by atoms with Gasteiger partial charge in [0.2, 0.25) is 5.95 Å². The summed E-state index contributed by atoms with van der Waals surface area (Å²) in [6.45, 7) is 9.56. The minimum absolute atomic E-state index is 0.697. The van der Waals surface area contributed by atoms with Gasteiger partial charge >= 0.3 is 0 Å². The Balaban J connectivity index is 1.83. The van der Waals surface area contributed by atoms with Crippen LogP contribution in [-0.4, -0.2) is 31.3 Å². The lowest BCUT2D eigenvalue weighted by atomic mass is 10.1. The first-order valence-corrected chi connectivity index (χ1v) is 8.68. The van der Waals surface area contributed by atoms with Crippen LogP contribution in [-0.2, 0) is 0 Å². The minimum atomic E-state index is 0.697. The van der Waals surface area contributed by atoms with E-state index < -0.39 is 0 Å². The molecule has 3 heterocycles. The van der Waals surface area contributed by atoms with Crippen molar-refractivity contribution in [2.75, 3.05) is 11.9 Å². The van der Waals surface area contributed by atoms with E-state index in [0.29, 0.717) is 5.92 Å². The number of aromatic amines is 1. The van der Waals surface area contributed by atoms with Gasteiger partial charge in [-0.25, -0.2) is 10.1 Å². The summed E-state index contributed by atoms with van der Waals surface area (Å²) in [5.41, 5.74) is 4.35. The fourth-order valence-electron chi connectivity index (χ4n) is 2.60. The van der Waals surface area contributed by atoms with E-state index in [9.17, 15) is 0 Å². The normalized spacial score (nSPS) is 11.3. The number of aromatic nitrogens is 5. The van der Waals surface area contributed by atoms with Gasteiger partial charge in [0.15, 0.2) is 5.13 Å². The molecule has 0 radical (unpaired) electrons. The van der Waals surface area contributed by atoms with Crippen LogP contribution in [0.25, 0.3) is 17.2 Å². The minimum Gasteiger partial charge on any atom is -0.361 e. The predicted octanol–water partition coefficient (Wildman–Crippen LogP) is 3.79. The Morgan fingerprint density at radius 2 is 2.17 bits per heavy atom. The summed E-state index contributed by atoms with van der Waals surface area (Å²) in [4.78, 5) is 8.97. The second-order valence-corrected chi connectivity index (χ2v) is 6.93. The molecule has 0 aromatic carbocycles. The van der Waals surface area contributed by atoms with Crippen molar-refractivity contribution >= 4 is 16.5 Å². The van der Waals surface area contributed by atoms with Crippen molar-refractivity contribution in [2.45, 2.75) is 34.1 Å². The fourth-order valence-corrected chi connectivity index (χ4v) is 3.34. The highest BCUT2D eigenvalue weighted by molar-refractivity contribution is 7.14. The average Bonchev–Trinajstić information content (AvgIpc) is 3.20. The molecule has 0 atom stereocenters. The first-order valence-electron chi connectivity index (χ1n) is 7.80. The van der Waals surface area contributed by atoms with Crippen molar-refractivity contribution in [1.82, 2.24) is 24.7 Å². The third kappa shape index (κ3) is 3.29. The van der Waals surface area contributed by atoms with Gasteiger partial charge in [0, 0.05) is 28.9 Å². The Morgan fingerprint density at radius 3 is 2.87 bits per heavy atom. The van der Waals surface area contributed by atoms with Crippen molar-refractivity contribution in [3.8, 4) is 17.2 Å². The summed E-state index contributed by atoms with van der Waals surface area (Å²) in [5.74, 6) is 1.43. The molecule has 2 N–H and O–H groups in total. The zero-order valence-corrected chi connectivity index (χ0v) is 14.7. The van der Waals surface area contributed by atoms with Crippen LogP contribution in [0.2, 0.25) is 0 Å². The van der Waals surface area contributed by atoms with Crippen LogP contribution in [0.3, 0.4) is 0 Å². The van der Waals surface area contributed by atoms with Gasteiger partial charge in [-0.15, -0.1) is 11.3 Å². The van der Waals surface area contributed by atoms with E-state index in [1.807, 2.05) is 0 Å². The van der Waals surface area contributed by atoms with Crippen LogP contribution in [0, 0.1) is 19.8 Å². The van der Waals surface area contributed by atoms with E-state index in [4.69, 9.17) is 4.98 Å². The smallest absolute Gasteiger partial charge is 0.229 e. The van der Waals surface area contributed by atoms with Gasteiger partial charge in [-0.2, -0.15) is 10.1 Å². The number of nitrogens with one attached hydrogen (secondary N) is 2. The van der Waals surface area contributed by atoms with Crippen LogP contribution in [0.15, 0.2) is 17.8 Å². The summed E-state index contributed by atoms with van der Waals surface area (Å²) < 4.78 is 2.06. The molecule has 0 fully saturated rings. The molecule has 122 valence electrons. The summed E-state index contributed by atoms with van der Waals surface area (Å²) >= 11 is 1.65. The Bertz CT molecular complexity index is 769. The molecule has 3 rings (SSSR count). The number of anilines is 1. The summed E-state index contributed by atoms with van der Waals surface area (Å²) in [6, 6.07) is 2.14. The van der Waals surface area contributed by atoms with Gasteiger partial charge in [0.25, 0.3) is 0 Å². The Hall–Kier alpha value is -2.15. The predicted molar refractivity (Wildman–Crippen MR) is 94.2 cm³/mol. The largest absolute Gasteiger partial charge is 0.361 e. The lowest BCUT2D eigenvalue weighted by molar-refractivity contribution is 0.607. The Labute approximate surface area is 140 Å². The van der Waals surface area contributed by atoms with Gasteiger partial charge in [-0.1, -0.05) is 13.8 Å². The molecule has 0 saturated carbocycles. The van der Waals surface area contributed by atoms with E-state index in [-0.39, 0.29) is 0 Å². The first-order chi connectivity index (χ1) is 11.1. The van der Waals surface area contributed by atoms with Crippen molar-refractivity contribution in [3.63, 3.8) is 0 Å². The summed E-state index contributed by atoms with van der Waals surface area (Å²) in [6.07, 6.45) is 2.67. The molecule has 0 bridgehead atoms. The molecule has 7 heteroatoms. The number of nitrogens with zero attached hydrogens (tertiary/aromatic N) is 4. The van der Waals surface area contributed by atoms with Crippen LogP contribution in [0.4, 0.5) is 5.13 Å². The van der Waals surface area contributed by atoms with Crippen LogP contribution >= 0.6 is 11.3 Å². The monoisotopic (exact) mass is 330 g/mol. The number of hydrogen-bond acceptors (Lipinski definition) is 5. The van der Waals surface area contributed by atoms with Crippen molar-refractivity contribution in [2.24, 2.45) is 5.92 Å². The number of rotatable bonds is 6. The van der Waals surface area contributed by atoms with E-state index in [1.165, 1.54) is 6.33 Å². The van der Waals surface area contributed by atoms with Crippen molar-refractivity contribution in [1.29, 1.82) is 0 Å². The Kier molecular flexibility index (Phi) is 4.47. The molecule has 0 amide bonds. The highest BCUT2D eigenvalue weighted by Gasteiger charge is 2.16. The van der Waals surface area contributed by atoms with Gasteiger partial charge in [-0.05, 0) is 32.3 Å². The summed E-state index contributed by atoms with van der Waals surface area (Å²) in [5, 5.41) is 13.3. The standard InChI is InChI=1S/C16H22N6S/c1-10(2)5-6-17-16-20-14(8-23-16)13-7-11(3)22(12(13)4)15-18-9-19-21-15/h7-10H,5-6H2,1-4H3,(H,17,20)(H,18,19,21). The molecule has 3 aromatic rings. The second kappa shape index (κ2) is 6.54. The van der Waals surface area contributed by atoms with E-state index in [2.05, 4.69) is 64.2 Å². The number of aryl methyl sites for hydroxylation is 1. The van der Waals surface area contributed by atoms with Crippen LogP contribution in [0.5, 0.6) is 0 Å². The molecule has 23 heavy (non-hydrogen) atoms. The quantitative estimate of drug-likeness (QED) is 0.721.